The number of hydrogen-bond donors (Lipinski definition) is 1. The average Bonchev–Trinajstić information content (AvgIpc) is 3.41. The molecule has 1 aliphatic heterocycles. The average molecular weight is 494 g/mol. The van der Waals surface area contributed by atoms with Crippen LogP contribution in [0.5, 0.6) is 5.75 Å². The molecule has 0 spiro atoms. The van der Waals surface area contributed by atoms with E-state index in [0.717, 1.165) is 30.5 Å². The zero-order valence-corrected chi connectivity index (χ0v) is 19.7. The van der Waals surface area contributed by atoms with Crippen LogP contribution in [0, 0.1) is 17.1 Å². The fourth-order valence-electron chi connectivity index (χ4n) is 3.83. The molecule has 1 heterocycles. The van der Waals surface area contributed by atoms with Gasteiger partial charge in [-0.25, -0.2) is 12.8 Å². The minimum Gasteiger partial charge on any atom is -0.489 e. The van der Waals surface area contributed by atoms with E-state index < -0.39 is 26.6 Å². The summed E-state index contributed by atoms with van der Waals surface area (Å²) in [5, 5.41) is 11.5. The topological polar surface area (TPSA) is 99.5 Å². The van der Waals surface area contributed by atoms with E-state index in [-0.39, 0.29) is 12.2 Å². The van der Waals surface area contributed by atoms with E-state index in [4.69, 9.17) is 10.00 Å². The molecule has 4 rings (SSSR count). The van der Waals surface area contributed by atoms with Gasteiger partial charge in [0.2, 0.25) is 10.0 Å². The summed E-state index contributed by atoms with van der Waals surface area (Å²) in [5.41, 5.74) is 2.12. The van der Waals surface area contributed by atoms with Gasteiger partial charge in [-0.3, -0.25) is 4.79 Å². The van der Waals surface area contributed by atoms with Gasteiger partial charge in [0.25, 0.3) is 5.91 Å². The predicted octanol–water partition coefficient (Wildman–Crippen LogP) is 4.51. The Morgan fingerprint density at radius 1 is 1.06 bits per heavy atom. The first-order valence-corrected chi connectivity index (χ1v) is 12.6. The predicted molar refractivity (Wildman–Crippen MR) is 129 cm³/mol. The lowest BCUT2D eigenvalue weighted by Crippen LogP contribution is -2.29. The lowest BCUT2D eigenvalue weighted by Gasteiger charge is -2.17. The lowest BCUT2D eigenvalue weighted by atomic mass is 10.1. The number of sulfonamides is 1. The molecule has 9 heteroatoms. The fourth-order valence-corrected chi connectivity index (χ4v) is 5.44. The first kappa shape index (κ1) is 24.4. The van der Waals surface area contributed by atoms with Crippen molar-refractivity contribution in [2.45, 2.75) is 30.8 Å². The maximum absolute atomic E-state index is 14.4. The molecule has 0 unspecified atom stereocenters. The van der Waals surface area contributed by atoms with Crippen molar-refractivity contribution in [2.75, 3.05) is 18.4 Å². The van der Waals surface area contributed by atoms with Gasteiger partial charge in [0.05, 0.1) is 12.5 Å². The van der Waals surface area contributed by atoms with Crippen LogP contribution in [0.2, 0.25) is 0 Å². The van der Waals surface area contributed by atoms with Crippen LogP contribution in [0.1, 0.15) is 34.3 Å². The van der Waals surface area contributed by atoms with Crippen LogP contribution in [-0.4, -0.2) is 31.7 Å². The molecular formula is C26H24FN3O4S. The lowest BCUT2D eigenvalue weighted by molar-refractivity contribution is 0.102. The van der Waals surface area contributed by atoms with Gasteiger partial charge in [0, 0.05) is 29.9 Å². The summed E-state index contributed by atoms with van der Waals surface area (Å²) in [5.74, 6) is -0.831. The molecule has 35 heavy (non-hydrogen) atoms. The number of ether oxygens (including phenoxy) is 1. The first-order chi connectivity index (χ1) is 16.9. The van der Waals surface area contributed by atoms with Gasteiger partial charge >= 0.3 is 0 Å². The highest BCUT2D eigenvalue weighted by molar-refractivity contribution is 7.89. The van der Waals surface area contributed by atoms with Crippen molar-refractivity contribution in [3.8, 4) is 11.8 Å². The summed E-state index contributed by atoms with van der Waals surface area (Å²) in [7, 11) is -4.01. The quantitative estimate of drug-likeness (QED) is 0.498. The maximum atomic E-state index is 14.4. The number of benzene rings is 3. The van der Waals surface area contributed by atoms with E-state index in [0.29, 0.717) is 36.5 Å². The molecule has 180 valence electrons. The number of halogens is 1. The van der Waals surface area contributed by atoms with Crippen molar-refractivity contribution < 1.29 is 22.3 Å². The molecule has 3 aromatic carbocycles. The van der Waals surface area contributed by atoms with Crippen LogP contribution < -0.4 is 10.1 Å². The molecular weight excluding hydrogens is 469 g/mol. The molecule has 1 saturated heterocycles. The third-order valence-electron chi connectivity index (χ3n) is 5.74. The Bertz CT molecular complexity index is 1360. The minimum absolute atomic E-state index is 0.0352. The summed E-state index contributed by atoms with van der Waals surface area (Å²) in [6.07, 6.45) is 1.77. The van der Waals surface area contributed by atoms with Crippen molar-refractivity contribution in [1.82, 2.24) is 4.31 Å². The number of anilines is 1. The van der Waals surface area contributed by atoms with Gasteiger partial charge in [0.1, 0.15) is 23.1 Å². The number of rotatable bonds is 8. The summed E-state index contributed by atoms with van der Waals surface area (Å²) in [4.78, 5) is 12.4. The maximum Gasteiger partial charge on any atom is 0.255 e. The van der Waals surface area contributed by atoms with E-state index in [1.54, 1.807) is 30.3 Å². The second kappa shape index (κ2) is 10.7. The van der Waals surface area contributed by atoms with E-state index >= 15 is 0 Å². The molecule has 0 radical (unpaired) electrons. The molecule has 1 N–H and O–H groups in total. The van der Waals surface area contributed by atoms with E-state index in [2.05, 4.69) is 11.4 Å². The van der Waals surface area contributed by atoms with Crippen LogP contribution in [-0.2, 0) is 23.1 Å². The zero-order chi connectivity index (χ0) is 24.8. The molecule has 1 fully saturated rings. The number of nitrogens with zero attached hydrogens (tertiary/aromatic N) is 2. The zero-order valence-electron chi connectivity index (χ0n) is 18.9. The number of hydrogen-bond acceptors (Lipinski definition) is 5. The Morgan fingerprint density at radius 2 is 1.77 bits per heavy atom. The SMILES string of the molecule is N#CCc1ccc(OCc2ccccc2NC(=O)c2ccc(F)c(S(=O)(=O)N3CCCC3)c2)cc1. The number of carbonyl (C=O) groups is 1. The number of amides is 1. The fraction of sp³-hybridized carbons (Fsp3) is 0.231. The third kappa shape index (κ3) is 5.67. The first-order valence-electron chi connectivity index (χ1n) is 11.2. The Morgan fingerprint density at radius 3 is 2.49 bits per heavy atom. The molecule has 0 bridgehead atoms. The highest BCUT2D eigenvalue weighted by Crippen LogP contribution is 2.25. The van der Waals surface area contributed by atoms with Crippen LogP contribution in [0.25, 0.3) is 0 Å². The van der Waals surface area contributed by atoms with Gasteiger partial charge in [-0.2, -0.15) is 9.57 Å². The molecule has 1 aliphatic rings. The minimum atomic E-state index is -4.01. The molecule has 0 atom stereocenters. The van der Waals surface area contributed by atoms with E-state index in [9.17, 15) is 17.6 Å². The second-order valence-electron chi connectivity index (χ2n) is 8.14. The number of nitriles is 1. The van der Waals surface area contributed by atoms with Crippen molar-refractivity contribution >= 4 is 21.6 Å². The highest BCUT2D eigenvalue weighted by Gasteiger charge is 2.30. The van der Waals surface area contributed by atoms with Gasteiger partial charge < -0.3 is 10.1 Å². The monoisotopic (exact) mass is 493 g/mol. The normalized spacial score (nSPS) is 13.8. The molecule has 0 aliphatic carbocycles. The Balaban J connectivity index is 1.49. The highest BCUT2D eigenvalue weighted by atomic mass is 32.2. The summed E-state index contributed by atoms with van der Waals surface area (Å²) in [6, 6.07) is 19.7. The van der Waals surface area contributed by atoms with E-state index in [1.807, 2.05) is 18.2 Å². The van der Waals surface area contributed by atoms with Crippen LogP contribution in [0.15, 0.2) is 71.6 Å². The standard InChI is InChI=1S/C26H24FN3O4S/c27-23-12-9-20(17-25(23)35(32,33)30-15-3-4-16-30)26(31)29-24-6-2-1-5-21(24)18-34-22-10-7-19(8-11-22)13-14-28/h1-2,5-12,17H,3-4,13,15-16,18H2,(H,29,31). The van der Waals surface area contributed by atoms with E-state index in [1.165, 1.54) is 10.4 Å². The smallest absolute Gasteiger partial charge is 0.255 e. The van der Waals surface area contributed by atoms with Crippen molar-refractivity contribution in [2.24, 2.45) is 0 Å². The largest absolute Gasteiger partial charge is 0.489 e. The van der Waals surface area contributed by atoms with Crippen LogP contribution >= 0.6 is 0 Å². The Labute approximate surface area is 203 Å². The molecule has 0 aromatic heterocycles. The number of nitrogens with one attached hydrogen (secondary N) is 1. The second-order valence-corrected chi connectivity index (χ2v) is 10.0. The van der Waals surface area contributed by atoms with Gasteiger partial charge in [-0.05, 0) is 54.8 Å². The molecule has 7 nitrogen and oxygen atoms in total. The number of carbonyl (C=O) groups excluding carboxylic acids is 1. The van der Waals surface area contributed by atoms with Crippen LogP contribution in [0.4, 0.5) is 10.1 Å². The molecule has 3 aromatic rings. The van der Waals surface area contributed by atoms with Crippen molar-refractivity contribution in [3.63, 3.8) is 0 Å². The molecule has 1 amide bonds. The van der Waals surface area contributed by atoms with Gasteiger partial charge in [0.15, 0.2) is 0 Å². The summed E-state index contributed by atoms with van der Waals surface area (Å²) in [6.45, 7) is 0.852. The van der Waals surface area contributed by atoms with Crippen molar-refractivity contribution in [1.29, 1.82) is 5.26 Å². The molecule has 0 saturated carbocycles. The summed E-state index contributed by atoms with van der Waals surface area (Å²) >= 11 is 0. The summed E-state index contributed by atoms with van der Waals surface area (Å²) < 4.78 is 47.2. The van der Waals surface area contributed by atoms with Crippen LogP contribution in [0.3, 0.4) is 0 Å². The Hall–Kier alpha value is -3.74. The van der Waals surface area contributed by atoms with Gasteiger partial charge in [-0.1, -0.05) is 30.3 Å². The third-order valence-corrected chi connectivity index (χ3v) is 7.66. The van der Waals surface area contributed by atoms with Gasteiger partial charge in [-0.15, -0.1) is 0 Å². The number of para-hydroxylation sites is 1. The van der Waals surface area contributed by atoms with Crippen molar-refractivity contribution in [3.05, 3.63) is 89.2 Å². The Kier molecular flexibility index (Phi) is 7.44.